The fraction of sp³-hybridized carbons (Fsp3) is 0.100. The van der Waals surface area contributed by atoms with Crippen LogP contribution in [0.3, 0.4) is 0 Å². The second kappa shape index (κ2) is 9.44. The van der Waals surface area contributed by atoms with Crippen LogP contribution in [0.1, 0.15) is 11.4 Å². The van der Waals surface area contributed by atoms with E-state index in [0.29, 0.717) is 21.4 Å². The number of hydrogen-bond donors (Lipinski definition) is 0. The molecule has 0 saturated carbocycles. The molecule has 0 N–H and O–H groups in total. The van der Waals surface area contributed by atoms with Crippen LogP contribution in [0.25, 0.3) is 11.4 Å². The predicted octanol–water partition coefficient (Wildman–Crippen LogP) is 8.37. The van der Waals surface area contributed by atoms with Crippen LogP contribution in [-0.2, 0) is 0 Å². The molecule has 166 valence electrons. The molecule has 0 aliphatic rings. The van der Waals surface area contributed by atoms with Crippen LogP contribution in [0.15, 0.2) is 47.0 Å². The lowest BCUT2D eigenvalue weighted by Gasteiger charge is -2.11. The first-order valence-corrected chi connectivity index (χ1v) is 12.6. The minimum absolute atomic E-state index is 0.183. The van der Waals surface area contributed by atoms with Gasteiger partial charge in [-0.15, -0.1) is 0 Å². The summed E-state index contributed by atoms with van der Waals surface area (Å²) in [6, 6.07) is 4.80. The van der Waals surface area contributed by atoms with Crippen LogP contribution in [0.2, 0.25) is 20.1 Å². The van der Waals surface area contributed by atoms with Crippen molar-refractivity contribution in [2.45, 2.75) is 23.9 Å². The fourth-order valence-electron chi connectivity index (χ4n) is 3.01. The first-order chi connectivity index (χ1) is 15.2. The zero-order valence-corrected chi connectivity index (χ0v) is 21.0. The van der Waals surface area contributed by atoms with Crippen LogP contribution < -0.4 is 0 Å². The Hall–Kier alpha value is -1.42. The summed E-state index contributed by atoms with van der Waals surface area (Å²) in [5.74, 6) is -1.03. The summed E-state index contributed by atoms with van der Waals surface area (Å²) in [5.41, 5.74) is 2.47. The molecular formula is C20H12Cl4F2N4S2. The molecule has 4 aromatic rings. The highest BCUT2D eigenvalue weighted by atomic mass is 35.5. The van der Waals surface area contributed by atoms with Gasteiger partial charge in [-0.2, -0.15) is 0 Å². The maximum absolute atomic E-state index is 13.5. The first kappa shape index (κ1) is 23.7. The van der Waals surface area contributed by atoms with Crippen molar-refractivity contribution >= 4 is 68.0 Å². The van der Waals surface area contributed by atoms with E-state index >= 15 is 0 Å². The highest BCUT2D eigenvalue weighted by Gasteiger charge is 2.19. The Bertz CT molecular complexity index is 1190. The SMILES string of the molecule is Cc1c(SSc2ncn(-c3c(Cl)cc(F)cc3Cl)c2C)ncn1-c1c(Cl)cc(F)cc1Cl. The normalized spacial score (nSPS) is 11.4. The van der Waals surface area contributed by atoms with E-state index in [1.165, 1.54) is 45.9 Å². The molecule has 0 amide bonds. The number of halogens is 6. The summed E-state index contributed by atoms with van der Waals surface area (Å²) in [6.07, 6.45) is 3.15. The largest absolute Gasteiger partial charge is 0.299 e. The second-order valence-corrected chi connectivity index (χ2v) is 10.3. The first-order valence-electron chi connectivity index (χ1n) is 8.89. The topological polar surface area (TPSA) is 35.6 Å². The van der Waals surface area contributed by atoms with Gasteiger partial charge in [0.25, 0.3) is 0 Å². The summed E-state index contributed by atoms with van der Waals surface area (Å²) in [4.78, 5) is 8.84. The van der Waals surface area contributed by atoms with Gasteiger partial charge in [-0.25, -0.2) is 18.7 Å². The lowest BCUT2D eigenvalue weighted by molar-refractivity contribution is 0.627. The maximum atomic E-state index is 13.5. The molecule has 0 atom stereocenters. The lowest BCUT2D eigenvalue weighted by atomic mass is 10.3. The van der Waals surface area contributed by atoms with Crippen molar-refractivity contribution in [2.24, 2.45) is 0 Å². The molecule has 0 spiro atoms. The zero-order valence-electron chi connectivity index (χ0n) is 16.3. The van der Waals surface area contributed by atoms with Gasteiger partial charge in [-0.1, -0.05) is 46.4 Å². The molecule has 0 bridgehead atoms. The number of aromatic nitrogens is 4. The minimum atomic E-state index is -0.515. The van der Waals surface area contributed by atoms with Crippen LogP contribution in [0, 0.1) is 25.5 Å². The molecule has 32 heavy (non-hydrogen) atoms. The van der Waals surface area contributed by atoms with Gasteiger partial charge in [0.15, 0.2) is 0 Å². The summed E-state index contributed by atoms with van der Waals surface area (Å²) in [7, 11) is 2.77. The Kier molecular flexibility index (Phi) is 7.00. The average molecular weight is 552 g/mol. The third kappa shape index (κ3) is 4.49. The molecule has 0 radical (unpaired) electrons. The molecule has 0 fully saturated rings. The van der Waals surface area contributed by atoms with Crippen molar-refractivity contribution in [3.8, 4) is 11.4 Å². The summed E-state index contributed by atoms with van der Waals surface area (Å²) in [6.45, 7) is 3.71. The lowest BCUT2D eigenvalue weighted by Crippen LogP contribution is -1.98. The molecular weight excluding hydrogens is 540 g/mol. The predicted molar refractivity (Wildman–Crippen MR) is 128 cm³/mol. The molecule has 0 aliphatic heterocycles. The molecule has 2 aromatic heterocycles. The summed E-state index contributed by atoms with van der Waals surface area (Å²) >= 11 is 24.8. The van der Waals surface area contributed by atoms with Crippen LogP contribution in [0.4, 0.5) is 8.78 Å². The van der Waals surface area contributed by atoms with Crippen molar-refractivity contribution in [3.63, 3.8) is 0 Å². The monoisotopic (exact) mass is 550 g/mol. The van der Waals surface area contributed by atoms with Crippen LogP contribution >= 0.6 is 68.0 Å². The number of benzene rings is 2. The van der Waals surface area contributed by atoms with Crippen LogP contribution in [0.5, 0.6) is 0 Å². The Labute approximate surface area is 210 Å². The van der Waals surface area contributed by atoms with Crippen LogP contribution in [-0.4, -0.2) is 19.1 Å². The molecule has 2 heterocycles. The number of rotatable bonds is 5. The van der Waals surface area contributed by atoms with Gasteiger partial charge >= 0.3 is 0 Å². The number of nitrogens with zero attached hydrogens (tertiary/aromatic N) is 4. The van der Waals surface area contributed by atoms with Crippen molar-refractivity contribution in [1.29, 1.82) is 0 Å². The van der Waals surface area contributed by atoms with E-state index in [2.05, 4.69) is 9.97 Å². The van der Waals surface area contributed by atoms with Crippen molar-refractivity contribution in [1.82, 2.24) is 19.1 Å². The van der Waals surface area contributed by atoms with E-state index in [-0.39, 0.29) is 20.1 Å². The van der Waals surface area contributed by atoms with E-state index in [1.54, 1.807) is 21.8 Å². The third-order valence-corrected chi connectivity index (χ3v) is 8.12. The van der Waals surface area contributed by atoms with Gasteiger partial charge in [0.05, 0.1) is 42.9 Å². The zero-order chi connectivity index (χ0) is 23.2. The Morgan fingerprint density at radius 2 is 0.969 bits per heavy atom. The summed E-state index contributed by atoms with van der Waals surface area (Å²) < 4.78 is 30.5. The van der Waals surface area contributed by atoms with E-state index in [9.17, 15) is 8.78 Å². The molecule has 0 unspecified atom stereocenters. The van der Waals surface area contributed by atoms with Crippen molar-refractivity contribution in [2.75, 3.05) is 0 Å². The Morgan fingerprint density at radius 1 is 0.656 bits per heavy atom. The van der Waals surface area contributed by atoms with Gasteiger partial charge in [0.1, 0.15) is 34.3 Å². The van der Waals surface area contributed by atoms with Crippen molar-refractivity contribution in [3.05, 3.63) is 80.0 Å². The highest BCUT2D eigenvalue weighted by molar-refractivity contribution is 8.76. The van der Waals surface area contributed by atoms with Gasteiger partial charge in [-0.05, 0) is 59.7 Å². The minimum Gasteiger partial charge on any atom is -0.299 e. The highest BCUT2D eigenvalue weighted by Crippen LogP contribution is 2.41. The fourth-order valence-corrected chi connectivity index (χ4v) is 6.53. The third-order valence-electron chi connectivity index (χ3n) is 4.57. The quantitative estimate of drug-likeness (QED) is 0.233. The van der Waals surface area contributed by atoms with Gasteiger partial charge in [0, 0.05) is 0 Å². The Morgan fingerprint density at radius 3 is 1.28 bits per heavy atom. The van der Waals surface area contributed by atoms with Gasteiger partial charge in [-0.3, -0.25) is 9.13 Å². The molecule has 0 aliphatic carbocycles. The van der Waals surface area contributed by atoms with Gasteiger partial charge < -0.3 is 0 Å². The molecule has 4 nitrogen and oxygen atoms in total. The van der Waals surface area contributed by atoms with Gasteiger partial charge in [0.2, 0.25) is 0 Å². The number of imidazole rings is 2. The standard InChI is InChI=1S/C20H12Cl4F2N4S2/c1-9-19(27-7-29(9)17-13(21)3-11(25)4-14(17)22)31-32-20-10(2)30(8-28-20)18-15(23)5-12(26)6-16(18)24/h3-8H,1-2H3. The Balaban J connectivity index is 1.59. The smallest absolute Gasteiger partial charge is 0.128 e. The van der Waals surface area contributed by atoms with E-state index < -0.39 is 11.6 Å². The second-order valence-electron chi connectivity index (χ2n) is 6.61. The molecule has 12 heteroatoms. The number of hydrogen-bond acceptors (Lipinski definition) is 4. The van der Waals surface area contributed by atoms with E-state index in [0.717, 1.165) is 11.4 Å². The average Bonchev–Trinajstić information content (AvgIpc) is 3.22. The summed E-state index contributed by atoms with van der Waals surface area (Å²) in [5, 5.41) is 2.14. The van der Waals surface area contributed by atoms with E-state index in [1.807, 2.05) is 13.8 Å². The maximum Gasteiger partial charge on any atom is 0.128 e. The molecule has 4 rings (SSSR count). The van der Waals surface area contributed by atoms with E-state index in [4.69, 9.17) is 46.4 Å². The molecule has 0 saturated heterocycles. The van der Waals surface area contributed by atoms with Crippen molar-refractivity contribution < 1.29 is 8.78 Å². The molecule has 2 aromatic carbocycles.